The van der Waals surface area contributed by atoms with E-state index in [0.29, 0.717) is 30.5 Å². The maximum atomic E-state index is 12.3. The third-order valence-electron chi connectivity index (χ3n) is 4.08. The summed E-state index contributed by atoms with van der Waals surface area (Å²) in [4.78, 5) is 12.3. The van der Waals surface area contributed by atoms with Crippen LogP contribution >= 0.6 is 0 Å². The van der Waals surface area contributed by atoms with Gasteiger partial charge in [0.2, 0.25) is 0 Å². The van der Waals surface area contributed by atoms with Crippen molar-refractivity contribution in [3.05, 3.63) is 29.3 Å². The largest absolute Gasteiger partial charge is 0.391 e. The lowest BCUT2D eigenvalue weighted by atomic mass is 10.0. The Hall–Kier alpha value is -1.59. The molecule has 130 valence electrons. The van der Waals surface area contributed by atoms with Crippen molar-refractivity contribution in [2.24, 2.45) is 5.92 Å². The van der Waals surface area contributed by atoms with Crippen molar-refractivity contribution in [1.29, 1.82) is 0 Å². The third-order valence-corrected chi connectivity index (χ3v) is 4.08. The van der Waals surface area contributed by atoms with Crippen molar-refractivity contribution in [3.8, 4) is 0 Å². The van der Waals surface area contributed by atoms with Crippen molar-refractivity contribution in [1.82, 2.24) is 5.32 Å². The third kappa shape index (κ3) is 6.20. The molecule has 1 aromatic rings. The molecule has 0 spiro atoms. The van der Waals surface area contributed by atoms with Gasteiger partial charge in [-0.25, -0.2) is 0 Å². The van der Waals surface area contributed by atoms with E-state index >= 15 is 0 Å². The first kappa shape index (κ1) is 19.5. The summed E-state index contributed by atoms with van der Waals surface area (Å²) in [7, 11) is 1.54. The van der Waals surface area contributed by atoms with E-state index in [4.69, 9.17) is 4.74 Å². The van der Waals surface area contributed by atoms with Gasteiger partial charge in [-0.3, -0.25) is 4.79 Å². The van der Waals surface area contributed by atoms with Crippen molar-refractivity contribution < 1.29 is 14.6 Å². The van der Waals surface area contributed by atoms with Gasteiger partial charge in [-0.05, 0) is 43.9 Å². The lowest BCUT2D eigenvalue weighted by Crippen LogP contribution is -2.29. The number of carbonyl (C=O) groups is 1. The van der Waals surface area contributed by atoms with Crippen LogP contribution in [0.4, 0.5) is 5.69 Å². The van der Waals surface area contributed by atoms with Gasteiger partial charge in [0, 0.05) is 30.9 Å². The minimum Gasteiger partial charge on any atom is -0.391 e. The molecule has 0 saturated heterocycles. The van der Waals surface area contributed by atoms with Gasteiger partial charge < -0.3 is 20.5 Å². The molecule has 1 rings (SSSR count). The molecular formula is C18H30N2O3. The van der Waals surface area contributed by atoms with Crippen LogP contribution in [0.25, 0.3) is 0 Å². The molecule has 0 fully saturated rings. The molecule has 3 N–H and O–H groups in total. The molecule has 1 amide bonds. The fraction of sp³-hybridized carbons (Fsp3) is 0.611. The van der Waals surface area contributed by atoms with E-state index < -0.39 is 6.10 Å². The minimum absolute atomic E-state index is 0.118. The van der Waals surface area contributed by atoms with E-state index in [1.165, 1.54) is 0 Å². The number of aliphatic hydroxyl groups excluding tert-OH is 1. The molecule has 1 aromatic carbocycles. The molecule has 0 radical (unpaired) electrons. The van der Waals surface area contributed by atoms with Crippen LogP contribution in [0, 0.1) is 12.8 Å². The van der Waals surface area contributed by atoms with E-state index in [2.05, 4.69) is 31.4 Å². The number of anilines is 1. The molecule has 0 heterocycles. The maximum absolute atomic E-state index is 12.3. The van der Waals surface area contributed by atoms with Crippen molar-refractivity contribution >= 4 is 11.6 Å². The van der Waals surface area contributed by atoms with E-state index in [9.17, 15) is 9.90 Å². The van der Waals surface area contributed by atoms with Crippen LogP contribution in [-0.2, 0) is 4.74 Å². The first-order valence-electron chi connectivity index (χ1n) is 8.18. The van der Waals surface area contributed by atoms with Crippen LogP contribution in [0.2, 0.25) is 0 Å². The highest BCUT2D eigenvalue weighted by Crippen LogP contribution is 2.21. The lowest BCUT2D eigenvalue weighted by molar-refractivity contribution is 0.0587. The van der Waals surface area contributed by atoms with E-state index in [1.807, 2.05) is 25.1 Å². The second-order valence-electron chi connectivity index (χ2n) is 6.31. The molecule has 5 nitrogen and oxygen atoms in total. The summed E-state index contributed by atoms with van der Waals surface area (Å²) >= 11 is 0. The highest BCUT2D eigenvalue weighted by Gasteiger charge is 2.14. The summed E-state index contributed by atoms with van der Waals surface area (Å²) in [6, 6.07) is 6.03. The summed E-state index contributed by atoms with van der Waals surface area (Å²) in [6.45, 7) is 9.10. The summed E-state index contributed by atoms with van der Waals surface area (Å²) in [6.07, 6.45) is -0.0812. The number of hydrogen-bond acceptors (Lipinski definition) is 4. The molecule has 0 saturated carbocycles. The normalized spacial score (nSPS) is 13.7. The molecule has 0 aliphatic heterocycles. The van der Waals surface area contributed by atoms with Crippen molar-refractivity contribution in [2.45, 2.75) is 46.3 Å². The zero-order chi connectivity index (χ0) is 17.4. The number of methoxy groups -OCH3 is 1. The molecule has 5 heteroatoms. The molecule has 0 bridgehead atoms. The number of carbonyl (C=O) groups excluding carboxylic acids is 1. The first-order valence-corrected chi connectivity index (χ1v) is 8.18. The smallest absolute Gasteiger partial charge is 0.251 e. The average Bonchev–Trinajstić information content (AvgIpc) is 2.49. The summed E-state index contributed by atoms with van der Waals surface area (Å²) in [5, 5.41) is 15.9. The van der Waals surface area contributed by atoms with Crippen LogP contribution in [0.1, 0.15) is 43.1 Å². The molecule has 2 atom stereocenters. The van der Waals surface area contributed by atoms with Gasteiger partial charge in [0.25, 0.3) is 5.91 Å². The molecule has 2 unspecified atom stereocenters. The second kappa shape index (κ2) is 9.53. The predicted octanol–water partition coefficient (Wildman–Crippen LogP) is 2.58. The van der Waals surface area contributed by atoms with Gasteiger partial charge in [0.15, 0.2) is 0 Å². The Morgan fingerprint density at radius 3 is 2.61 bits per heavy atom. The maximum Gasteiger partial charge on any atom is 0.251 e. The first-order chi connectivity index (χ1) is 10.9. The topological polar surface area (TPSA) is 70.6 Å². The fourth-order valence-electron chi connectivity index (χ4n) is 2.17. The molecule has 0 aliphatic rings. The fourth-order valence-corrected chi connectivity index (χ4v) is 2.17. The van der Waals surface area contributed by atoms with Crippen LogP contribution < -0.4 is 10.6 Å². The van der Waals surface area contributed by atoms with Crippen molar-refractivity contribution in [3.63, 3.8) is 0 Å². The SMILES string of the molecule is COCC(O)CCNC(=O)c1cccc(NC(C)C(C)C)c1C. The van der Waals surface area contributed by atoms with Gasteiger partial charge in [-0.2, -0.15) is 0 Å². The highest BCUT2D eigenvalue weighted by molar-refractivity contribution is 5.97. The number of ether oxygens (including phenoxy) is 1. The van der Waals surface area contributed by atoms with Gasteiger partial charge >= 0.3 is 0 Å². The summed E-state index contributed by atoms with van der Waals surface area (Å²) in [5.41, 5.74) is 2.58. The Kier molecular flexibility index (Phi) is 8.06. The van der Waals surface area contributed by atoms with E-state index in [-0.39, 0.29) is 12.5 Å². The van der Waals surface area contributed by atoms with Crippen LogP contribution in [-0.4, -0.2) is 43.4 Å². The monoisotopic (exact) mass is 322 g/mol. The summed E-state index contributed by atoms with van der Waals surface area (Å²) < 4.78 is 4.87. The zero-order valence-electron chi connectivity index (χ0n) is 14.8. The Balaban J connectivity index is 2.67. The minimum atomic E-state index is -0.554. The quantitative estimate of drug-likeness (QED) is 0.653. The van der Waals surface area contributed by atoms with Gasteiger partial charge in [0.1, 0.15) is 0 Å². The Bertz CT molecular complexity index is 503. The van der Waals surface area contributed by atoms with Crippen LogP contribution in [0.5, 0.6) is 0 Å². The van der Waals surface area contributed by atoms with Crippen LogP contribution in [0.15, 0.2) is 18.2 Å². The lowest BCUT2D eigenvalue weighted by Gasteiger charge is -2.21. The second-order valence-corrected chi connectivity index (χ2v) is 6.31. The Labute approximate surface area is 139 Å². The molecular weight excluding hydrogens is 292 g/mol. The van der Waals surface area contributed by atoms with E-state index in [0.717, 1.165) is 11.3 Å². The van der Waals surface area contributed by atoms with E-state index in [1.54, 1.807) is 7.11 Å². The Morgan fingerprint density at radius 2 is 2.00 bits per heavy atom. The molecule has 0 aliphatic carbocycles. The van der Waals surface area contributed by atoms with Gasteiger partial charge in [0.05, 0.1) is 12.7 Å². The standard InChI is InChI=1S/C18H30N2O3/c1-12(2)14(4)20-17-8-6-7-16(13(17)3)18(22)19-10-9-15(21)11-23-5/h6-8,12,14-15,20-21H,9-11H2,1-5H3,(H,19,22). The van der Waals surface area contributed by atoms with Gasteiger partial charge in [-0.15, -0.1) is 0 Å². The average molecular weight is 322 g/mol. The number of hydrogen-bond donors (Lipinski definition) is 3. The number of rotatable bonds is 9. The van der Waals surface area contributed by atoms with Crippen LogP contribution in [0.3, 0.4) is 0 Å². The number of aliphatic hydroxyl groups is 1. The Morgan fingerprint density at radius 1 is 1.30 bits per heavy atom. The highest BCUT2D eigenvalue weighted by atomic mass is 16.5. The van der Waals surface area contributed by atoms with Gasteiger partial charge in [-0.1, -0.05) is 19.9 Å². The summed E-state index contributed by atoms with van der Waals surface area (Å²) in [5.74, 6) is 0.391. The predicted molar refractivity (Wildman–Crippen MR) is 93.9 cm³/mol. The number of amides is 1. The molecule has 23 heavy (non-hydrogen) atoms. The number of nitrogens with one attached hydrogen (secondary N) is 2. The van der Waals surface area contributed by atoms with Crippen molar-refractivity contribution in [2.75, 3.05) is 25.6 Å². The zero-order valence-corrected chi connectivity index (χ0v) is 14.8. The number of benzene rings is 1. The molecule has 0 aromatic heterocycles.